The Balaban J connectivity index is 1.65. The van der Waals surface area contributed by atoms with Crippen molar-refractivity contribution in [1.82, 2.24) is 9.88 Å². The maximum atomic E-state index is 14.1. The molecule has 1 fully saturated rings. The van der Waals surface area contributed by atoms with Crippen LogP contribution in [0.5, 0.6) is 11.5 Å². The summed E-state index contributed by atoms with van der Waals surface area (Å²) in [6.45, 7) is 1.34. The van der Waals surface area contributed by atoms with Crippen molar-refractivity contribution in [2.24, 2.45) is 0 Å². The highest BCUT2D eigenvalue weighted by Crippen LogP contribution is 2.35. The molecule has 3 aromatic rings. The zero-order chi connectivity index (χ0) is 22.7. The molecule has 1 aromatic heterocycles. The lowest BCUT2D eigenvalue weighted by molar-refractivity contribution is 0.0793. The van der Waals surface area contributed by atoms with E-state index < -0.39 is 11.7 Å². The van der Waals surface area contributed by atoms with Crippen molar-refractivity contribution in [2.45, 2.75) is 12.8 Å². The second-order valence-electron chi connectivity index (χ2n) is 7.22. The van der Waals surface area contributed by atoms with Crippen LogP contribution >= 0.6 is 11.3 Å². The molecule has 0 unspecified atom stereocenters. The van der Waals surface area contributed by atoms with E-state index in [0.717, 1.165) is 24.2 Å². The Labute approximate surface area is 188 Å². The fourth-order valence-corrected chi connectivity index (χ4v) is 4.41. The topological polar surface area (TPSA) is 80.8 Å². The summed E-state index contributed by atoms with van der Waals surface area (Å²) < 4.78 is 24.8. The number of anilines is 1. The number of carbonyl (C=O) groups is 2. The molecule has 0 atom stereocenters. The Morgan fingerprint density at radius 3 is 2.47 bits per heavy atom. The fourth-order valence-electron chi connectivity index (χ4n) is 3.57. The van der Waals surface area contributed by atoms with E-state index in [1.807, 2.05) is 0 Å². The summed E-state index contributed by atoms with van der Waals surface area (Å²) in [7, 11) is 2.97. The Kier molecular flexibility index (Phi) is 6.36. The molecule has 2 amide bonds. The van der Waals surface area contributed by atoms with E-state index in [2.05, 4.69) is 10.3 Å². The maximum absolute atomic E-state index is 14.1. The molecule has 1 aliphatic rings. The monoisotopic (exact) mass is 455 g/mol. The number of benzene rings is 2. The van der Waals surface area contributed by atoms with E-state index in [9.17, 15) is 14.0 Å². The number of hydrogen-bond donors (Lipinski definition) is 1. The van der Waals surface area contributed by atoms with Gasteiger partial charge < -0.3 is 19.7 Å². The number of amides is 2. The summed E-state index contributed by atoms with van der Waals surface area (Å²) >= 11 is 1.07. The first-order valence-corrected chi connectivity index (χ1v) is 10.9. The lowest BCUT2D eigenvalue weighted by Crippen LogP contribution is -2.29. The number of methoxy groups -OCH3 is 2. The number of halogens is 1. The molecule has 0 spiro atoms. The van der Waals surface area contributed by atoms with Crippen LogP contribution in [-0.2, 0) is 0 Å². The lowest BCUT2D eigenvalue weighted by atomic mass is 10.1. The van der Waals surface area contributed by atoms with Crippen LogP contribution in [0.2, 0.25) is 0 Å². The second-order valence-corrected chi connectivity index (χ2v) is 8.25. The SMILES string of the molecule is COc1cc(NC(=O)c2cnc(-c3ccccc3F)s2)c(C(=O)N2CCCC2)cc1OC. The molecule has 0 aliphatic carbocycles. The molecule has 2 aromatic carbocycles. The first-order chi connectivity index (χ1) is 15.5. The van der Waals surface area contributed by atoms with Gasteiger partial charge in [-0.2, -0.15) is 0 Å². The summed E-state index contributed by atoms with van der Waals surface area (Å²) in [5.74, 6) is -0.264. The van der Waals surface area contributed by atoms with E-state index >= 15 is 0 Å². The Morgan fingerprint density at radius 2 is 1.78 bits per heavy atom. The van der Waals surface area contributed by atoms with Gasteiger partial charge in [-0.15, -0.1) is 11.3 Å². The number of aromatic nitrogens is 1. The number of thiazole rings is 1. The molecule has 0 saturated carbocycles. The van der Waals surface area contributed by atoms with Gasteiger partial charge in [-0.05, 0) is 31.0 Å². The van der Waals surface area contributed by atoms with Crippen LogP contribution in [0, 0.1) is 5.82 Å². The van der Waals surface area contributed by atoms with Gasteiger partial charge in [0.25, 0.3) is 11.8 Å². The van der Waals surface area contributed by atoms with Crippen molar-refractivity contribution in [3.63, 3.8) is 0 Å². The third kappa shape index (κ3) is 4.29. The molecule has 4 rings (SSSR count). The Bertz CT molecular complexity index is 1160. The molecule has 32 heavy (non-hydrogen) atoms. The molecular formula is C23H22FN3O4S. The molecule has 166 valence electrons. The van der Waals surface area contributed by atoms with Crippen LogP contribution in [0.1, 0.15) is 32.9 Å². The molecule has 1 saturated heterocycles. The van der Waals surface area contributed by atoms with E-state index in [-0.39, 0.29) is 10.8 Å². The van der Waals surface area contributed by atoms with E-state index in [4.69, 9.17) is 9.47 Å². The number of ether oxygens (including phenoxy) is 2. The number of nitrogens with one attached hydrogen (secondary N) is 1. The Hall–Kier alpha value is -3.46. The standard InChI is InChI=1S/C23H22FN3O4S/c1-30-18-11-15(23(29)27-9-5-6-10-27)17(12-19(18)31-2)26-21(28)20-13-25-22(32-20)14-7-3-4-8-16(14)24/h3-4,7-8,11-13H,5-6,9-10H2,1-2H3,(H,26,28). The minimum Gasteiger partial charge on any atom is -0.493 e. The van der Waals surface area contributed by atoms with Crippen molar-refractivity contribution in [3.05, 3.63) is 58.9 Å². The fraction of sp³-hybridized carbons (Fsp3) is 0.261. The van der Waals surface area contributed by atoms with Gasteiger partial charge in [0.1, 0.15) is 15.7 Å². The molecule has 0 bridgehead atoms. The molecule has 7 nitrogen and oxygen atoms in total. The Morgan fingerprint density at radius 1 is 1.09 bits per heavy atom. The van der Waals surface area contributed by atoms with Crippen LogP contribution in [0.4, 0.5) is 10.1 Å². The minimum atomic E-state index is -0.451. The van der Waals surface area contributed by atoms with Gasteiger partial charge in [-0.1, -0.05) is 12.1 Å². The quantitative estimate of drug-likeness (QED) is 0.594. The van der Waals surface area contributed by atoms with Crippen LogP contribution in [-0.4, -0.2) is 49.0 Å². The van der Waals surface area contributed by atoms with Crippen LogP contribution in [0.25, 0.3) is 10.6 Å². The summed E-state index contributed by atoms with van der Waals surface area (Å²) in [4.78, 5) is 32.3. The van der Waals surface area contributed by atoms with E-state index in [1.165, 1.54) is 26.5 Å². The number of rotatable bonds is 6. The van der Waals surface area contributed by atoms with E-state index in [0.29, 0.717) is 46.4 Å². The zero-order valence-corrected chi connectivity index (χ0v) is 18.5. The highest BCUT2D eigenvalue weighted by molar-refractivity contribution is 7.17. The largest absolute Gasteiger partial charge is 0.493 e. The predicted molar refractivity (Wildman–Crippen MR) is 120 cm³/mol. The van der Waals surface area contributed by atoms with E-state index in [1.54, 1.807) is 35.2 Å². The third-order valence-electron chi connectivity index (χ3n) is 5.23. The molecule has 1 aliphatic heterocycles. The zero-order valence-electron chi connectivity index (χ0n) is 17.7. The van der Waals surface area contributed by atoms with Gasteiger partial charge in [-0.3, -0.25) is 9.59 Å². The van der Waals surface area contributed by atoms with Crippen molar-refractivity contribution in [2.75, 3.05) is 32.6 Å². The lowest BCUT2D eigenvalue weighted by Gasteiger charge is -2.20. The second kappa shape index (κ2) is 9.35. The van der Waals surface area contributed by atoms with Gasteiger partial charge in [0, 0.05) is 24.7 Å². The van der Waals surface area contributed by atoms with Gasteiger partial charge in [0.05, 0.1) is 31.7 Å². The summed E-state index contributed by atoms with van der Waals surface area (Å²) in [5, 5.41) is 3.19. The average Bonchev–Trinajstić information content (AvgIpc) is 3.51. The summed E-state index contributed by atoms with van der Waals surface area (Å²) in [6, 6.07) is 9.40. The molecule has 0 radical (unpaired) electrons. The van der Waals surface area contributed by atoms with Crippen molar-refractivity contribution in [1.29, 1.82) is 0 Å². The van der Waals surface area contributed by atoms with Gasteiger partial charge >= 0.3 is 0 Å². The minimum absolute atomic E-state index is 0.185. The number of hydrogen-bond acceptors (Lipinski definition) is 6. The van der Waals surface area contributed by atoms with Crippen LogP contribution < -0.4 is 14.8 Å². The smallest absolute Gasteiger partial charge is 0.267 e. The number of carbonyl (C=O) groups excluding carboxylic acids is 2. The number of nitrogens with zero attached hydrogens (tertiary/aromatic N) is 2. The maximum Gasteiger partial charge on any atom is 0.267 e. The molecule has 9 heteroatoms. The molecular weight excluding hydrogens is 433 g/mol. The predicted octanol–water partition coefficient (Wildman–Crippen LogP) is 4.45. The van der Waals surface area contributed by atoms with Crippen molar-refractivity contribution >= 4 is 28.8 Å². The van der Waals surface area contributed by atoms with Crippen molar-refractivity contribution < 1.29 is 23.5 Å². The normalized spacial score (nSPS) is 13.2. The number of likely N-dealkylation sites (tertiary alicyclic amines) is 1. The molecule has 2 heterocycles. The van der Waals surface area contributed by atoms with Crippen LogP contribution in [0.15, 0.2) is 42.6 Å². The average molecular weight is 456 g/mol. The summed E-state index contributed by atoms with van der Waals surface area (Å²) in [5.41, 5.74) is 0.953. The van der Waals surface area contributed by atoms with Crippen molar-refractivity contribution in [3.8, 4) is 22.1 Å². The third-order valence-corrected chi connectivity index (χ3v) is 6.26. The van der Waals surface area contributed by atoms with Gasteiger partial charge in [0.2, 0.25) is 0 Å². The highest BCUT2D eigenvalue weighted by Gasteiger charge is 2.25. The van der Waals surface area contributed by atoms with Gasteiger partial charge in [0.15, 0.2) is 11.5 Å². The molecule has 1 N–H and O–H groups in total. The highest BCUT2D eigenvalue weighted by atomic mass is 32.1. The first kappa shape index (κ1) is 21.8. The summed E-state index contributed by atoms with van der Waals surface area (Å²) in [6.07, 6.45) is 3.28. The first-order valence-electron chi connectivity index (χ1n) is 10.1. The van der Waals surface area contributed by atoms with Crippen LogP contribution in [0.3, 0.4) is 0 Å². The van der Waals surface area contributed by atoms with Gasteiger partial charge in [-0.25, -0.2) is 9.37 Å².